The van der Waals surface area contributed by atoms with E-state index in [0.717, 1.165) is 26.3 Å². The molecule has 0 aliphatic carbocycles. The van der Waals surface area contributed by atoms with E-state index in [1.165, 1.54) is 51.4 Å². The number of unbranched alkanes of at least 4 members (excludes halogenated alkanes) is 6. The Balaban J connectivity index is 2.78. The first-order chi connectivity index (χ1) is 6.91. The van der Waals surface area contributed by atoms with E-state index in [1.807, 2.05) is 0 Å². The molecule has 0 N–H and O–H groups in total. The summed E-state index contributed by atoms with van der Waals surface area (Å²) in [5, 5.41) is 3.14. The predicted molar refractivity (Wildman–Crippen MR) is 69.4 cm³/mol. The molecule has 0 aromatic heterocycles. The molecule has 0 saturated carbocycles. The van der Waals surface area contributed by atoms with Crippen LogP contribution in [0.5, 0.6) is 0 Å². The topological polar surface area (TPSA) is 0 Å². The van der Waals surface area contributed by atoms with Crippen molar-refractivity contribution in [2.45, 2.75) is 75.9 Å². The van der Waals surface area contributed by atoms with Crippen LogP contribution in [0.2, 0.25) is 10.6 Å². The van der Waals surface area contributed by atoms with Crippen molar-refractivity contribution in [2.24, 2.45) is 0 Å². The van der Waals surface area contributed by atoms with E-state index in [4.69, 9.17) is 0 Å². The first-order valence-corrected chi connectivity index (χ1v) is 12.9. The molecule has 0 unspecified atom stereocenters. The fourth-order valence-corrected chi connectivity index (χ4v) is 8.28. The van der Waals surface area contributed by atoms with Gasteiger partial charge in [0.2, 0.25) is 0 Å². The summed E-state index contributed by atoms with van der Waals surface area (Å²) < 4.78 is 0. The second kappa shape index (κ2) is 14.0. The molecule has 0 fully saturated rings. The van der Waals surface area contributed by atoms with Crippen LogP contribution in [-0.2, 0) is 0 Å². The van der Waals surface area contributed by atoms with E-state index in [0.29, 0.717) is 0 Å². The summed E-state index contributed by atoms with van der Waals surface area (Å²) in [5.41, 5.74) is 0. The summed E-state index contributed by atoms with van der Waals surface area (Å²) in [6, 6.07) is 0. The van der Waals surface area contributed by atoms with Gasteiger partial charge in [0.05, 0.1) is 0 Å². The third-order valence-electron chi connectivity index (χ3n) is 2.25. The van der Waals surface area contributed by atoms with Gasteiger partial charge in [-0.1, -0.05) is 0 Å². The van der Waals surface area contributed by atoms with Crippen molar-refractivity contribution in [3.8, 4) is 0 Å². The molecule has 0 bridgehead atoms. The fraction of sp³-hybridized carbons (Fsp3) is 1.00. The van der Waals surface area contributed by atoms with E-state index in [9.17, 15) is 0 Å². The van der Waals surface area contributed by atoms with Gasteiger partial charge in [-0.25, -0.2) is 0 Å². The molecule has 14 heavy (non-hydrogen) atoms. The van der Waals surface area contributed by atoms with Crippen molar-refractivity contribution >= 4 is 26.3 Å². The van der Waals surface area contributed by atoms with Gasteiger partial charge in [0, 0.05) is 0 Å². The average Bonchev–Trinajstić information content (AvgIpc) is 2.21. The molecular formula is C12H26Se2. The molecule has 0 heterocycles. The van der Waals surface area contributed by atoms with Crippen molar-refractivity contribution in [3.05, 3.63) is 0 Å². The van der Waals surface area contributed by atoms with Crippen molar-refractivity contribution in [1.29, 1.82) is 0 Å². The molecule has 0 aliphatic rings. The van der Waals surface area contributed by atoms with Crippen LogP contribution in [-0.4, -0.2) is 26.3 Å². The molecule has 0 aromatic rings. The van der Waals surface area contributed by atoms with E-state index in [-0.39, 0.29) is 0 Å². The first-order valence-electron chi connectivity index (χ1n) is 6.16. The van der Waals surface area contributed by atoms with E-state index >= 15 is 0 Å². The Hall–Kier alpha value is 1.04. The van der Waals surface area contributed by atoms with Gasteiger partial charge in [0.25, 0.3) is 0 Å². The Labute approximate surface area is 102 Å². The molecule has 2 heteroatoms. The third-order valence-corrected chi connectivity index (χ3v) is 9.96. The Morgan fingerprint density at radius 3 is 1.36 bits per heavy atom. The zero-order valence-electron chi connectivity index (χ0n) is 9.89. The molecule has 86 valence electrons. The van der Waals surface area contributed by atoms with Gasteiger partial charge >= 0.3 is 102 Å². The van der Waals surface area contributed by atoms with Crippen molar-refractivity contribution in [3.63, 3.8) is 0 Å². The Kier molecular flexibility index (Phi) is 15.1. The van der Waals surface area contributed by atoms with Gasteiger partial charge in [-0.05, 0) is 0 Å². The number of hydrogen-bond acceptors (Lipinski definition) is 0. The van der Waals surface area contributed by atoms with Crippen LogP contribution in [0.1, 0.15) is 65.2 Å². The van der Waals surface area contributed by atoms with E-state index in [2.05, 4.69) is 13.8 Å². The minimum atomic E-state index is 1.03. The quantitative estimate of drug-likeness (QED) is 0.392. The van der Waals surface area contributed by atoms with Crippen LogP contribution in [0.3, 0.4) is 0 Å². The van der Waals surface area contributed by atoms with Crippen molar-refractivity contribution in [1.82, 2.24) is 0 Å². The second-order valence-corrected chi connectivity index (χ2v) is 11.6. The average molecular weight is 328 g/mol. The van der Waals surface area contributed by atoms with Crippen LogP contribution in [0.25, 0.3) is 0 Å². The molecule has 0 aliphatic heterocycles. The standard InChI is InChI=1S/C12H26Se2/c1-3-5-7-9-11-13-14-12-10-8-6-4-2/h3-12H2,1-2H3. The van der Waals surface area contributed by atoms with Gasteiger partial charge in [-0.15, -0.1) is 0 Å². The Morgan fingerprint density at radius 1 is 0.571 bits per heavy atom. The van der Waals surface area contributed by atoms with Gasteiger partial charge in [-0.2, -0.15) is 0 Å². The monoisotopic (exact) mass is 330 g/mol. The van der Waals surface area contributed by atoms with E-state index in [1.54, 1.807) is 10.6 Å². The van der Waals surface area contributed by atoms with Gasteiger partial charge in [0.1, 0.15) is 0 Å². The maximum absolute atomic E-state index is 2.29. The fourth-order valence-electron chi connectivity index (χ4n) is 1.29. The zero-order chi connectivity index (χ0) is 10.5. The van der Waals surface area contributed by atoms with Gasteiger partial charge < -0.3 is 0 Å². The zero-order valence-corrected chi connectivity index (χ0v) is 13.3. The Morgan fingerprint density at radius 2 is 1.00 bits per heavy atom. The van der Waals surface area contributed by atoms with Crippen LogP contribution in [0.4, 0.5) is 0 Å². The summed E-state index contributed by atoms with van der Waals surface area (Å²) in [4.78, 5) is 0. The van der Waals surface area contributed by atoms with Gasteiger partial charge in [-0.3, -0.25) is 0 Å². The summed E-state index contributed by atoms with van der Waals surface area (Å²) >= 11 is 2.07. The molecule has 0 rings (SSSR count). The van der Waals surface area contributed by atoms with Crippen molar-refractivity contribution < 1.29 is 0 Å². The molecule has 0 aromatic carbocycles. The first kappa shape index (κ1) is 15.0. The number of rotatable bonds is 11. The van der Waals surface area contributed by atoms with Crippen molar-refractivity contribution in [2.75, 3.05) is 0 Å². The van der Waals surface area contributed by atoms with Crippen LogP contribution in [0, 0.1) is 0 Å². The second-order valence-electron chi connectivity index (χ2n) is 3.77. The molecule has 0 spiro atoms. The van der Waals surface area contributed by atoms with Crippen LogP contribution in [0.15, 0.2) is 0 Å². The Bertz CT molecular complexity index is 82.3. The number of hydrogen-bond donors (Lipinski definition) is 0. The third kappa shape index (κ3) is 13.0. The summed E-state index contributed by atoms with van der Waals surface area (Å²) in [5.74, 6) is 0. The molecule has 0 atom stereocenters. The minimum absolute atomic E-state index is 1.03. The molecule has 0 amide bonds. The summed E-state index contributed by atoms with van der Waals surface area (Å²) in [6.07, 6.45) is 11.7. The summed E-state index contributed by atoms with van der Waals surface area (Å²) in [7, 11) is 0. The van der Waals surface area contributed by atoms with Gasteiger partial charge in [0.15, 0.2) is 0 Å². The molecule has 0 saturated heterocycles. The van der Waals surface area contributed by atoms with E-state index < -0.39 is 0 Å². The molecule has 0 radical (unpaired) electrons. The van der Waals surface area contributed by atoms with Crippen LogP contribution >= 0.6 is 0 Å². The molecular weight excluding hydrogens is 302 g/mol. The normalized spacial score (nSPS) is 10.7. The van der Waals surface area contributed by atoms with Crippen LogP contribution < -0.4 is 0 Å². The molecule has 0 nitrogen and oxygen atoms in total. The summed E-state index contributed by atoms with van der Waals surface area (Å²) in [6.45, 7) is 4.59. The maximum atomic E-state index is 2.29. The predicted octanol–water partition coefficient (Wildman–Crippen LogP) is 4.31. The SMILES string of the molecule is CCCCCC[Se][Se]CCCCCC.